The fourth-order valence-electron chi connectivity index (χ4n) is 10.8. The lowest BCUT2D eigenvalue weighted by atomic mass is 9.79. The van der Waals surface area contributed by atoms with Gasteiger partial charge < -0.3 is 11.1 Å². The molecule has 0 bridgehead atoms. The Balaban J connectivity index is 0.993. The molecule has 2 aliphatic carbocycles. The van der Waals surface area contributed by atoms with E-state index in [0.717, 1.165) is 5.56 Å². The van der Waals surface area contributed by atoms with Crippen molar-refractivity contribution < 1.29 is 0 Å². The SMILES string of the molecule is C=C/C=C\C(=N)C/C=C\C(C)(N)c1ccc2c(c1)C(C)(C)c1cc(-c3cccc(-c4ccc5c6c(cccc46)-c4c-5c(-c5ccccc5)c5ccccc5c4-c4ccccc4)c3)ccc1-2. The monoisotopic (exact) mass is 834 g/mol. The molecule has 0 aliphatic heterocycles. The molecule has 2 heteroatoms. The van der Waals surface area contributed by atoms with Gasteiger partial charge in [0.1, 0.15) is 0 Å². The summed E-state index contributed by atoms with van der Waals surface area (Å²) < 4.78 is 0. The molecule has 0 amide bonds. The second-order valence-corrected chi connectivity index (χ2v) is 18.4. The third kappa shape index (κ3) is 6.56. The van der Waals surface area contributed by atoms with E-state index in [1.165, 1.54) is 111 Å². The second kappa shape index (κ2) is 15.6. The third-order valence-electron chi connectivity index (χ3n) is 14.0. The Bertz CT molecular complexity index is 3380. The van der Waals surface area contributed by atoms with E-state index in [9.17, 15) is 0 Å². The molecular formula is C63H50N2. The first-order valence-corrected chi connectivity index (χ1v) is 22.6. The lowest BCUT2D eigenvalue weighted by Gasteiger charge is -2.26. The van der Waals surface area contributed by atoms with E-state index in [0.29, 0.717) is 12.1 Å². The maximum atomic E-state index is 8.20. The van der Waals surface area contributed by atoms with Crippen molar-refractivity contribution in [2.24, 2.45) is 5.73 Å². The number of rotatable bonds is 10. The van der Waals surface area contributed by atoms with Gasteiger partial charge in [-0.15, -0.1) is 0 Å². The first kappa shape index (κ1) is 40.1. The molecule has 0 radical (unpaired) electrons. The van der Waals surface area contributed by atoms with Crippen LogP contribution < -0.4 is 5.73 Å². The molecular weight excluding hydrogens is 785 g/mol. The summed E-state index contributed by atoms with van der Waals surface area (Å²) in [7, 11) is 0. The van der Waals surface area contributed by atoms with Crippen LogP contribution >= 0.6 is 0 Å². The molecule has 0 fully saturated rings. The van der Waals surface area contributed by atoms with Gasteiger partial charge in [-0.05, 0) is 141 Å². The van der Waals surface area contributed by atoms with Gasteiger partial charge in [0.2, 0.25) is 0 Å². The summed E-state index contributed by atoms with van der Waals surface area (Å²) in [6, 6.07) is 65.3. The van der Waals surface area contributed by atoms with Crippen LogP contribution in [-0.4, -0.2) is 5.71 Å². The Hall–Kier alpha value is -7.65. The van der Waals surface area contributed by atoms with Crippen LogP contribution in [0.5, 0.6) is 0 Å². The Labute approximate surface area is 382 Å². The number of hydrogen-bond donors (Lipinski definition) is 2. The number of fused-ring (bicyclic) bond motifs is 7. The van der Waals surface area contributed by atoms with Crippen LogP contribution in [0.4, 0.5) is 0 Å². The van der Waals surface area contributed by atoms with Gasteiger partial charge in [0.25, 0.3) is 0 Å². The zero-order chi connectivity index (χ0) is 44.5. The van der Waals surface area contributed by atoms with Crippen LogP contribution in [0.2, 0.25) is 0 Å². The molecule has 3 N–H and O–H groups in total. The van der Waals surface area contributed by atoms with Crippen LogP contribution in [0.1, 0.15) is 43.9 Å². The first-order valence-electron chi connectivity index (χ1n) is 22.6. The summed E-state index contributed by atoms with van der Waals surface area (Å²) in [6.07, 6.45) is 9.78. The van der Waals surface area contributed by atoms with E-state index < -0.39 is 5.54 Å². The minimum atomic E-state index is -0.679. The van der Waals surface area contributed by atoms with Gasteiger partial charge in [-0.1, -0.05) is 209 Å². The standard InChI is InChI=1S/C63H50N2/c1-5-6-24-46(64)25-17-36-63(4,65)45-31-33-49-48-32-30-43(38-55(48)62(2,3)56(49)39-45)42-22-15-23-44(37-42)47-34-35-54-59-50(47)28-16-29-53(59)60-57(40-18-9-7-10-19-40)51-26-13-14-27-52(51)58(61(54)60)41-20-11-8-12-21-41/h5-24,26-39,64H,1,25,65H2,2-4H3/b24-6-,36-17-,64-46?. The minimum absolute atomic E-state index is 0.222. The molecule has 0 saturated carbocycles. The highest BCUT2D eigenvalue weighted by Gasteiger charge is 2.37. The van der Waals surface area contributed by atoms with Crippen LogP contribution in [-0.2, 0) is 11.0 Å². The topological polar surface area (TPSA) is 49.9 Å². The maximum absolute atomic E-state index is 8.20. The van der Waals surface area contributed by atoms with Crippen molar-refractivity contribution in [3.63, 3.8) is 0 Å². The number of allylic oxidation sites excluding steroid dienone is 4. The molecule has 9 aromatic rings. The van der Waals surface area contributed by atoms with Gasteiger partial charge in [0, 0.05) is 17.5 Å². The zero-order valence-corrected chi connectivity index (χ0v) is 37.1. The zero-order valence-electron chi connectivity index (χ0n) is 37.1. The Morgan fingerprint density at radius 3 is 1.74 bits per heavy atom. The highest BCUT2D eigenvalue weighted by Crippen LogP contribution is 2.59. The summed E-state index contributed by atoms with van der Waals surface area (Å²) in [6.45, 7) is 10.4. The van der Waals surface area contributed by atoms with Crippen LogP contribution in [0.3, 0.4) is 0 Å². The number of nitrogens with two attached hydrogens (primary N) is 1. The summed E-state index contributed by atoms with van der Waals surface area (Å²) in [5, 5.41) is 13.3. The fourth-order valence-corrected chi connectivity index (χ4v) is 10.8. The number of hydrogen-bond acceptors (Lipinski definition) is 2. The molecule has 2 nitrogen and oxygen atoms in total. The van der Waals surface area contributed by atoms with Crippen LogP contribution in [0.15, 0.2) is 213 Å². The molecule has 11 rings (SSSR count). The van der Waals surface area contributed by atoms with Crippen molar-refractivity contribution in [3.8, 4) is 77.9 Å². The lowest BCUT2D eigenvalue weighted by molar-refractivity contribution is 0.618. The van der Waals surface area contributed by atoms with Gasteiger partial charge in [-0.2, -0.15) is 0 Å². The second-order valence-electron chi connectivity index (χ2n) is 18.4. The molecule has 0 spiro atoms. The van der Waals surface area contributed by atoms with Crippen molar-refractivity contribution in [1.82, 2.24) is 0 Å². The van der Waals surface area contributed by atoms with Crippen LogP contribution in [0, 0.1) is 5.41 Å². The van der Waals surface area contributed by atoms with E-state index in [2.05, 4.69) is 196 Å². The van der Waals surface area contributed by atoms with E-state index in [-0.39, 0.29) is 5.41 Å². The summed E-state index contributed by atoms with van der Waals surface area (Å²) in [5.41, 5.74) is 27.9. The van der Waals surface area contributed by atoms with Crippen molar-refractivity contribution >= 4 is 27.3 Å². The predicted molar refractivity (Wildman–Crippen MR) is 278 cm³/mol. The van der Waals surface area contributed by atoms with Gasteiger partial charge >= 0.3 is 0 Å². The molecule has 0 saturated heterocycles. The smallest absolute Gasteiger partial charge is 0.0566 e. The Morgan fingerprint density at radius 1 is 0.538 bits per heavy atom. The Kier molecular flexibility index (Phi) is 9.61. The number of benzene rings is 9. The minimum Gasteiger partial charge on any atom is -0.318 e. The van der Waals surface area contributed by atoms with Crippen LogP contribution in [0.25, 0.3) is 99.4 Å². The molecule has 0 aromatic heterocycles. The molecule has 1 atom stereocenters. The largest absolute Gasteiger partial charge is 0.318 e. The van der Waals surface area contributed by atoms with Gasteiger partial charge in [0.05, 0.1) is 5.54 Å². The van der Waals surface area contributed by atoms with Crippen molar-refractivity contribution in [3.05, 3.63) is 230 Å². The summed E-state index contributed by atoms with van der Waals surface area (Å²) >= 11 is 0. The molecule has 1 unspecified atom stereocenters. The van der Waals surface area contributed by atoms with Gasteiger partial charge in [0.15, 0.2) is 0 Å². The molecule has 2 aliphatic rings. The highest BCUT2D eigenvalue weighted by atomic mass is 14.7. The summed E-state index contributed by atoms with van der Waals surface area (Å²) in [4.78, 5) is 0. The average Bonchev–Trinajstić information content (AvgIpc) is 3.78. The predicted octanol–water partition coefficient (Wildman–Crippen LogP) is 16.5. The lowest BCUT2D eigenvalue weighted by Crippen LogP contribution is -2.31. The van der Waals surface area contributed by atoms with Gasteiger partial charge in [-0.3, -0.25) is 0 Å². The maximum Gasteiger partial charge on any atom is 0.0566 e. The van der Waals surface area contributed by atoms with Crippen molar-refractivity contribution in [2.45, 2.75) is 38.1 Å². The number of nitrogens with one attached hydrogen (secondary N) is 1. The molecule has 65 heavy (non-hydrogen) atoms. The quantitative estimate of drug-likeness (QED) is 0.0805. The van der Waals surface area contributed by atoms with E-state index in [1.54, 1.807) is 18.2 Å². The normalized spacial score (nSPS) is 14.2. The fraction of sp³-hybridized carbons (Fsp3) is 0.0952. The summed E-state index contributed by atoms with van der Waals surface area (Å²) in [5.74, 6) is 0. The Morgan fingerprint density at radius 2 is 1.06 bits per heavy atom. The molecule has 312 valence electrons. The third-order valence-corrected chi connectivity index (χ3v) is 14.0. The highest BCUT2D eigenvalue weighted by molar-refractivity contribution is 6.28. The molecule has 9 aromatic carbocycles. The first-order chi connectivity index (χ1) is 31.6. The van der Waals surface area contributed by atoms with E-state index >= 15 is 0 Å². The van der Waals surface area contributed by atoms with Crippen molar-refractivity contribution in [2.75, 3.05) is 0 Å². The average molecular weight is 835 g/mol. The van der Waals surface area contributed by atoms with Gasteiger partial charge in [-0.25, -0.2) is 0 Å². The van der Waals surface area contributed by atoms with E-state index in [1.807, 2.05) is 19.1 Å². The van der Waals surface area contributed by atoms with Crippen molar-refractivity contribution in [1.29, 1.82) is 5.41 Å². The molecule has 0 heterocycles. The van der Waals surface area contributed by atoms with E-state index in [4.69, 9.17) is 11.1 Å².